The molecule has 1 atom stereocenters. The predicted molar refractivity (Wildman–Crippen MR) is 65.5 cm³/mol. The summed E-state index contributed by atoms with van der Waals surface area (Å²) in [6.45, 7) is 4.07. The monoisotopic (exact) mass is 228 g/mol. The van der Waals surface area contributed by atoms with Gasteiger partial charge in [-0.3, -0.25) is 4.79 Å². The molecule has 0 heterocycles. The van der Waals surface area contributed by atoms with Gasteiger partial charge in [0.25, 0.3) is 0 Å². The van der Waals surface area contributed by atoms with Crippen LogP contribution in [0.15, 0.2) is 0 Å². The third-order valence-corrected chi connectivity index (χ3v) is 3.53. The lowest BCUT2D eigenvalue weighted by atomic mass is 9.82. The van der Waals surface area contributed by atoms with E-state index in [0.29, 0.717) is 4.99 Å². The zero-order valence-electron chi connectivity index (χ0n) is 9.45. The molecule has 1 unspecified atom stereocenters. The van der Waals surface area contributed by atoms with Crippen molar-refractivity contribution in [1.82, 2.24) is 5.32 Å². The number of nitrogens with one attached hydrogen (secondary N) is 1. The van der Waals surface area contributed by atoms with Gasteiger partial charge in [-0.1, -0.05) is 19.1 Å². The van der Waals surface area contributed by atoms with Crippen LogP contribution < -0.4 is 11.1 Å². The average Bonchev–Trinajstić information content (AvgIpc) is 2.18. The van der Waals surface area contributed by atoms with Crippen molar-refractivity contribution >= 4 is 23.1 Å². The predicted octanol–water partition coefficient (Wildman–Crippen LogP) is 1.60. The summed E-state index contributed by atoms with van der Waals surface area (Å²) in [4.78, 5) is 12.1. The molecule has 3 nitrogen and oxygen atoms in total. The second kappa shape index (κ2) is 5.45. The lowest BCUT2D eigenvalue weighted by Crippen LogP contribution is -2.44. The molecule has 1 aliphatic rings. The fourth-order valence-corrected chi connectivity index (χ4v) is 1.98. The fourth-order valence-electron chi connectivity index (χ4n) is 1.92. The Morgan fingerprint density at radius 2 is 1.93 bits per heavy atom. The molecule has 0 spiro atoms. The van der Waals surface area contributed by atoms with Crippen LogP contribution >= 0.6 is 12.2 Å². The molecule has 1 rings (SSSR count). The highest BCUT2D eigenvalue weighted by Gasteiger charge is 2.25. The van der Waals surface area contributed by atoms with Gasteiger partial charge in [-0.05, 0) is 38.5 Å². The molecule has 86 valence electrons. The molecule has 0 aromatic rings. The number of nitrogens with two attached hydrogens (primary N) is 1. The van der Waals surface area contributed by atoms with Crippen LogP contribution in [0.2, 0.25) is 0 Å². The molecular weight excluding hydrogens is 208 g/mol. The van der Waals surface area contributed by atoms with Crippen molar-refractivity contribution in [2.24, 2.45) is 17.6 Å². The number of carbonyl (C=O) groups is 1. The summed E-state index contributed by atoms with van der Waals surface area (Å²) < 4.78 is 0. The first-order valence-corrected chi connectivity index (χ1v) is 6.01. The van der Waals surface area contributed by atoms with Gasteiger partial charge in [0.1, 0.15) is 0 Å². The van der Waals surface area contributed by atoms with E-state index in [2.05, 4.69) is 12.2 Å². The van der Waals surface area contributed by atoms with Gasteiger partial charge in [-0.15, -0.1) is 0 Å². The van der Waals surface area contributed by atoms with Gasteiger partial charge >= 0.3 is 0 Å². The summed E-state index contributed by atoms with van der Waals surface area (Å²) in [7, 11) is 0. The van der Waals surface area contributed by atoms with Gasteiger partial charge in [0, 0.05) is 5.92 Å². The number of carbonyl (C=O) groups excluding carboxylic acids is 1. The van der Waals surface area contributed by atoms with E-state index in [1.165, 1.54) is 0 Å². The van der Waals surface area contributed by atoms with Crippen molar-refractivity contribution in [3.63, 3.8) is 0 Å². The van der Waals surface area contributed by atoms with Crippen molar-refractivity contribution in [2.45, 2.75) is 45.6 Å². The Kier molecular flexibility index (Phi) is 4.51. The maximum absolute atomic E-state index is 11.8. The van der Waals surface area contributed by atoms with Crippen LogP contribution in [0.3, 0.4) is 0 Å². The molecule has 15 heavy (non-hydrogen) atoms. The topological polar surface area (TPSA) is 55.1 Å². The van der Waals surface area contributed by atoms with Crippen molar-refractivity contribution in [3.8, 4) is 0 Å². The van der Waals surface area contributed by atoms with E-state index >= 15 is 0 Å². The molecule has 0 aliphatic heterocycles. The van der Waals surface area contributed by atoms with E-state index in [9.17, 15) is 4.79 Å². The maximum atomic E-state index is 11.8. The Balaban J connectivity index is 2.37. The van der Waals surface area contributed by atoms with E-state index in [0.717, 1.165) is 31.6 Å². The van der Waals surface area contributed by atoms with Crippen LogP contribution in [0, 0.1) is 11.8 Å². The minimum absolute atomic E-state index is 0.113. The third kappa shape index (κ3) is 3.78. The number of rotatable bonds is 3. The van der Waals surface area contributed by atoms with Crippen LogP contribution in [-0.2, 0) is 4.79 Å². The van der Waals surface area contributed by atoms with Gasteiger partial charge in [-0.2, -0.15) is 0 Å². The van der Waals surface area contributed by atoms with Gasteiger partial charge in [0.15, 0.2) is 0 Å². The zero-order chi connectivity index (χ0) is 11.4. The van der Waals surface area contributed by atoms with Gasteiger partial charge < -0.3 is 11.1 Å². The molecule has 0 aromatic carbocycles. The molecule has 4 heteroatoms. The van der Waals surface area contributed by atoms with E-state index in [-0.39, 0.29) is 17.9 Å². The Bertz CT molecular complexity index is 247. The second-order valence-corrected chi connectivity index (χ2v) is 5.06. The third-order valence-electron chi connectivity index (χ3n) is 3.17. The Morgan fingerprint density at radius 3 is 2.40 bits per heavy atom. The quantitative estimate of drug-likeness (QED) is 0.721. The normalized spacial score (nSPS) is 28.1. The summed E-state index contributed by atoms with van der Waals surface area (Å²) in [5, 5.41) is 2.86. The Morgan fingerprint density at radius 1 is 1.40 bits per heavy atom. The Hall–Kier alpha value is -0.640. The molecule has 0 radical (unpaired) electrons. The van der Waals surface area contributed by atoms with E-state index in [1.807, 2.05) is 6.92 Å². The highest BCUT2D eigenvalue weighted by Crippen LogP contribution is 2.28. The number of hydrogen-bond acceptors (Lipinski definition) is 2. The van der Waals surface area contributed by atoms with Crippen LogP contribution in [0.4, 0.5) is 0 Å². The molecule has 1 saturated carbocycles. The highest BCUT2D eigenvalue weighted by atomic mass is 32.1. The van der Waals surface area contributed by atoms with Crippen LogP contribution in [0.25, 0.3) is 0 Å². The first-order chi connectivity index (χ1) is 7.00. The smallest absolute Gasteiger partial charge is 0.223 e. The van der Waals surface area contributed by atoms with Crippen LogP contribution in [0.5, 0.6) is 0 Å². The van der Waals surface area contributed by atoms with Gasteiger partial charge in [0.05, 0.1) is 11.0 Å². The van der Waals surface area contributed by atoms with E-state index in [1.54, 1.807) is 0 Å². The maximum Gasteiger partial charge on any atom is 0.223 e. The Labute approximate surface area is 96.8 Å². The van der Waals surface area contributed by atoms with Crippen LogP contribution in [-0.4, -0.2) is 16.9 Å². The van der Waals surface area contributed by atoms with Crippen molar-refractivity contribution < 1.29 is 4.79 Å². The van der Waals surface area contributed by atoms with Crippen molar-refractivity contribution in [1.29, 1.82) is 0 Å². The van der Waals surface area contributed by atoms with Crippen molar-refractivity contribution in [3.05, 3.63) is 0 Å². The van der Waals surface area contributed by atoms with E-state index in [4.69, 9.17) is 18.0 Å². The SMILES string of the molecule is CC1CCC(C(=O)NC(C)C(N)=S)CC1. The minimum atomic E-state index is -0.188. The van der Waals surface area contributed by atoms with Gasteiger partial charge in [0.2, 0.25) is 5.91 Å². The molecule has 0 saturated heterocycles. The summed E-state index contributed by atoms with van der Waals surface area (Å²) >= 11 is 4.82. The summed E-state index contributed by atoms with van der Waals surface area (Å²) in [5.41, 5.74) is 5.45. The molecule has 1 amide bonds. The molecule has 1 aliphatic carbocycles. The van der Waals surface area contributed by atoms with Crippen LogP contribution in [0.1, 0.15) is 39.5 Å². The molecule has 0 bridgehead atoms. The second-order valence-electron chi connectivity index (χ2n) is 4.59. The summed E-state index contributed by atoms with van der Waals surface area (Å²) in [6, 6.07) is -0.188. The lowest BCUT2D eigenvalue weighted by molar-refractivity contribution is -0.126. The standard InChI is InChI=1S/C11H20N2OS/c1-7-3-5-9(6-4-7)11(14)13-8(2)10(12)15/h7-9H,3-6H2,1-2H3,(H2,12,15)(H,13,14). The minimum Gasteiger partial charge on any atom is -0.392 e. The van der Waals surface area contributed by atoms with Crippen molar-refractivity contribution in [2.75, 3.05) is 0 Å². The summed E-state index contributed by atoms with van der Waals surface area (Å²) in [5.74, 6) is 1.04. The van der Waals surface area contributed by atoms with E-state index < -0.39 is 0 Å². The fraction of sp³-hybridized carbons (Fsp3) is 0.818. The molecular formula is C11H20N2OS. The van der Waals surface area contributed by atoms with Gasteiger partial charge in [-0.25, -0.2) is 0 Å². The highest BCUT2D eigenvalue weighted by molar-refractivity contribution is 7.80. The lowest BCUT2D eigenvalue weighted by Gasteiger charge is -2.26. The molecule has 3 N–H and O–H groups in total. The number of thiocarbonyl (C=S) groups is 1. The summed E-state index contributed by atoms with van der Waals surface area (Å²) in [6.07, 6.45) is 4.30. The molecule has 1 fully saturated rings. The zero-order valence-corrected chi connectivity index (χ0v) is 10.3. The number of amides is 1. The number of hydrogen-bond donors (Lipinski definition) is 2. The largest absolute Gasteiger partial charge is 0.392 e. The molecule has 0 aromatic heterocycles. The first-order valence-electron chi connectivity index (χ1n) is 5.60. The average molecular weight is 228 g/mol. The first kappa shape index (κ1) is 12.4.